The zero-order chi connectivity index (χ0) is 23.4. The van der Waals surface area contributed by atoms with E-state index in [1.807, 2.05) is 0 Å². The minimum Gasteiger partial charge on any atom is -0.481 e. The number of carboxylic acids is 1. The van der Waals surface area contributed by atoms with Gasteiger partial charge in [-0.2, -0.15) is 0 Å². The Balaban J connectivity index is 2.26. The van der Waals surface area contributed by atoms with Crippen molar-refractivity contribution in [3.05, 3.63) is 11.3 Å². The highest BCUT2D eigenvalue weighted by molar-refractivity contribution is 6.81. The van der Waals surface area contributed by atoms with Gasteiger partial charge in [0.2, 0.25) is 0 Å². The number of carbonyl (C=O) groups is 1. The number of rotatable bonds is 9. The van der Waals surface area contributed by atoms with Crippen LogP contribution in [-0.4, -0.2) is 38.2 Å². The largest absolute Gasteiger partial charge is 0.481 e. The molecule has 1 saturated heterocycles. The lowest BCUT2D eigenvalue weighted by atomic mass is 9.65. The molecule has 180 valence electrons. The van der Waals surface area contributed by atoms with Crippen molar-refractivity contribution in [1.29, 1.82) is 0 Å². The van der Waals surface area contributed by atoms with Crippen LogP contribution in [0.3, 0.4) is 0 Å². The fourth-order valence-electron chi connectivity index (χ4n) is 5.27. The van der Waals surface area contributed by atoms with Gasteiger partial charge in [0.05, 0.1) is 27.2 Å². The fourth-order valence-corrected chi connectivity index (χ4v) is 6.70. The molecule has 31 heavy (non-hydrogen) atoms. The summed E-state index contributed by atoms with van der Waals surface area (Å²) in [6.45, 7) is 19.5. The van der Waals surface area contributed by atoms with E-state index >= 15 is 0 Å². The fraction of sp³-hybridized carbons (Fsp3) is 0.885. The number of aliphatic carboxylic acids is 1. The number of carboxylic acid groups (broad SMARTS) is 1. The van der Waals surface area contributed by atoms with E-state index in [9.17, 15) is 9.90 Å². The average molecular weight is 453 g/mol. The number of unbranched alkanes of at least 4 members (excludes halogenated alkanes) is 1. The second-order valence-electron chi connectivity index (χ2n) is 12.3. The Hall–Kier alpha value is -0.653. The molecule has 1 aliphatic carbocycles. The molecule has 0 spiro atoms. The Morgan fingerprint density at radius 3 is 2.32 bits per heavy atom. The molecule has 1 N–H and O–H groups in total. The Labute approximate surface area is 192 Å². The summed E-state index contributed by atoms with van der Waals surface area (Å²) in [6.07, 6.45) is 6.81. The van der Waals surface area contributed by atoms with Gasteiger partial charge < -0.3 is 14.6 Å². The van der Waals surface area contributed by atoms with E-state index in [0.717, 1.165) is 58.2 Å². The zero-order valence-electron chi connectivity index (χ0n) is 21.4. The van der Waals surface area contributed by atoms with Crippen LogP contribution in [0.1, 0.15) is 79.6 Å². The molecule has 0 radical (unpaired) electrons. The van der Waals surface area contributed by atoms with Gasteiger partial charge in [0, 0.05) is 11.8 Å². The highest BCUT2D eigenvalue weighted by Gasteiger charge is 2.42. The molecule has 2 aliphatic rings. The molecule has 2 rings (SSSR count). The average Bonchev–Trinajstić information content (AvgIpc) is 2.64. The molecule has 0 amide bonds. The standard InChI is InChI=1S/C26H48O4Si/c1-9-10-11-22(24(27)28)21-13-12-19(2)20(23(21)16-31(6,7)8)14-15-26(5)29-17-25(3,4)18-30-26/h16,19-22H,9-15,17-18H2,1-8H3,(H,27,28)/b23-16+/t19-,20+,21+,22-/m1/s1. The summed E-state index contributed by atoms with van der Waals surface area (Å²) in [5, 5.41) is 10.1. The van der Waals surface area contributed by atoms with Crippen molar-refractivity contribution < 1.29 is 19.4 Å². The van der Waals surface area contributed by atoms with Crippen LogP contribution in [0.5, 0.6) is 0 Å². The van der Waals surface area contributed by atoms with E-state index in [-0.39, 0.29) is 17.3 Å². The zero-order valence-corrected chi connectivity index (χ0v) is 22.4. The first-order valence-corrected chi connectivity index (χ1v) is 16.1. The van der Waals surface area contributed by atoms with Crippen LogP contribution in [0.25, 0.3) is 0 Å². The summed E-state index contributed by atoms with van der Waals surface area (Å²) in [7, 11) is -1.49. The highest BCUT2D eigenvalue weighted by Crippen LogP contribution is 2.47. The molecule has 4 atom stereocenters. The second kappa shape index (κ2) is 10.5. The topological polar surface area (TPSA) is 55.8 Å². The van der Waals surface area contributed by atoms with Crippen LogP contribution in [-0.2, 0) is 14.3 Å². The summed E-state index contributed by atoms with van der Waals surface area (Å²) >= 11 is 0. The van der Waals surface area contributed by atoms with E-state index in [1.54, 1.807) is 0 Å². The van der Waals surface area contributed by atoms with Gasteiger partial charge in [-0.15, -0.1) is 0 Å². The van der Waals surface area contributed by atoms with Gasteiger partial charge in [-0.1, -0.05) is 71.5 Å². The number of allylic oxidation sites excluding steroid dienone is 1. The Kier molecular flexibility index (Phi) is 9.03. The van der Waals surface area contributed by atoms with Gasteiger partial charge in [-0.3, -0.25) is 4.79 Å². The Morgan fingerprint density at radius 2 is 1.81 bits per heavy atom. The van der Waals surface area contributed by atoms with Gasteiger partial charge >= 0.3 is 5.97 Å². The number of hydrogen-bond donors (Lipinski definition) is 1. The van der Waals surface area contributed by atoms with Gasteiger partial charge in [0.15, 0.2) is 5.79 Å². The van der Waals surface area contributed by atoms with E-state index in [0.29, 0.717) is 11.8 Å². The number of ether oxygens (including phenoxy) is 2. The van der Waals surface area contributed by atoms with E-state index in [2.05, 4.69) is 60.0 Å². The second-order valence-corrected chi connectivity index (χ2v) is 17.3. The van der Waals surface area contributed by atoms with Crippen molar-refractivity contribution in [3.8, 4) is 0 Å². The smallest absolute Gasteiger partial charge is 0.307 e. The molecule has 4 nitrogen and oxygen atoms in total. The Bertz CT molecular complexity index is 624. The van der Waals surface area contributed by atoms with Gasteiger partial charge in [0.1, 0.15) is 0 Å². The first kappa shape index (κ1) is 26.6. The van der Waals surface area contributed by atoms with Crippen molar-refractivity contribution in [2.24, 2.45) is 29.1 Å². The third kappa shape index (κ3) is 7.71. The summed E-state index contributed by atoms with van der Waals surface area (Å²) in [4.78, 5) is 12.3. The van der Waals surface area contributed by atoms with E-state index < -0.39 is 19.8 Å². The molecule has 1 heterocycles. The molecule has 1 saturated carbocycles. The van der Waals surface area contributed by atoms with Crippen molar-refractivity contribution in [2.45, 2.75) is 105 Å². The maximum atomic E-state index is 12.3. The van der Waals surface area contributed by atoms with Gasteiger partial charge in [-0.25, -0.2) is 0 Å². The molecule has 0 aromatic heterocycles. The van der Waals surface area contributed by atoms with Gasteiger partial charge in [0.25, 0.3) is 0 Å². The molecular weight excluding hydrogens is 404 g/mol. The minimum atomic E-state index is -1.49. The van der Waals surface area contributed by atoms with Crippen molar-refractivity contribution in [3.63, 3.8) is 0 Å². The Morgan fingerprint density at radius 1 is 1.19 bits per heavy atom. The first-order valence-electron chi connectivity index (χ1n) is 12.5. The molecule has 2 fully saturated rings. The molecule has 0 unspecified atom stereocenters. The molecule has 5 heteroatoms. The maximum Gasteiger partial charge on any atom is 0.307 e. The maximum absolute atomic E-state index is 12.3. The van der Waals surface area contributed by atoms with Gasteiger partial charge in [-0.05, 0) is 50.4 Å². The van der Waals surface area contributed by atoms with E-state index in [4.69, 9.17) is 9.47 Å². The summed E-state index contributed by atoms with van der Waals surface area (Å²) in [5.74, 6) is -0.216. The number of hydrogen-bond acceptors (Lipinski definition) is 3. The molecule has 0 aromatic rings. The monoisotopic (exact) mass is 452 g/mol. The molecule has 0 bridgehead atoms. The molecule has 0 aromatic carbocycles. The van der Waals surface area contributed by atoms with E-state index in [1.165, 1.54) is 5.57 Å². The lowest BCUT2D eigenvalue weighted by Crippen LogP contribution is -2.46. The third-order valence-electron chi connectivity index (χ3n) is 7.19. The predicted octanol–water partition coefficient (Wildman–Crippen LogP) is 6.91. The van der Waals surface area contributed by atoms with Crippen LogP contribution < -0.4 is 0 Å². The van der Waals surface area contributed by atoms with Crippen LogP contribution in [0.4, 0.5) is 0 Å². The summed E-state index contributed by atoms with van der Waals surface area (Å²) < 4.78 is 12.4. The summed E-state index contributed by atoms with van der Waals surface area (Å²) in [5.41, 5.74) is 4.05. The summed E-state index contributed by atoms with van der Waals surface area (Å²) in [6, 6.07) is 0. The van der Waals surface area contributed by atoms with Crippen molar-refractivity contribution in [1.82, 2.24) is 0 Å². The van der Waals surface area contributed by atoms with Crippen molar-refractivity contribution >= 4 is 14.0 Å². The van der Waals surface area contributed by atoms with Crippen LogP contribution >= 0.6 is 0 Å². The lowest BCUT2D eigenvalue weighted by Gasteiger charge is -2.44. The molecular formula is C26H48O4Si. The minimum absolute atomic E-state index is 0.0691. The lowest BCUT2D eigenvalue weighted by molar-refractivity contribution is -0.293. The predicted molar refractivity (Wildman–Crippen MR) is 131 cm³/mol. The normalized spacial score (nSPS) is 30.8. The first-order chi connectivity index (χ1) is 14.3. The van der Waals surface area contributed by atoms with Crippen molar-refractivity contribution in [2.75, 3.05) is 13.2 Å². The molecule has 1 aliphatic heterocycles. The van der Waals surface area contributed by atoms with Crippen LogP contribution in [0.2, 0.25) is 19.6 Å². The van der Waals surface area contributed by atoms with Crippen LogP contribution in [0.15, 0.2) is 11.3 Å². The SMILES string of the molecule is CCCC[C@@H](C(=O)O)[C@@H]1CC[C@@H](C)[C@H](CCC2(C)OCC(C)(C)CO2)/C1=C\[Si](C)(C)C. The highest BCUT2D eigenvalue weighted by atomic mass is 28.3. The van der Waals surface area contributed by atoms with Crippen LogP contribution in [0, 0.1) is 29.1 Å². The third-order valence-corrected chi connectivity index (χ3v) is 8.39. The quantitative estimate of drug-likeness (QED) is 0.386.